The van der Waals surface area contributed by atoms with Crippen LogP contribution in [0.5, 0.6) is 5.75 Å². The Morgan fingerprint density at radius 1 is 1.10 bits per heavy atom. The van der Waals surface area contributed by atoms with Crippen LogP contribution in [0.2, 0.25) is 0 Å². The van der Waals surface area contributed by atoms with E-state index < -0.39 is 0 Å². The molecule has 1 fully saturated rings. The third-order valence-electron chi connectivity index (χ3n) is 5.51. The maximum Gasteiger partial charge on any atom is 0.234 e. The summed E-state index contributed by atoms with van der Waals surface area (Å²) in [5.74, 6) is 0.849. The maximum absolute atomic E-state index is 12.6. The van der Waals surface area contributed by atoms with E-state index in [1.807, 2.05) is 37.3 Å². The second kappa shape index (κ2) is 9.55. The van der Waals surface area contributed by atoms with Crippen LogP contribution in [-0.2, 0) is 11.3 Å². The van der Waals surface area contributed by atoms with Crippen molar-refractivity contribution in [2.24, 2.45) is 0 Å². The van der Waals surface area contributed by atoms with Crippen LogP contribution in [-0.4, -0.2) is 60.5 Å². The Morgan fingerprint density at radius 3 is 2.57 bits per heavy atom. The molecule has 30 heavy (non-hydrogen) atoms. The van der Waals surface area contributed by atoms with Crippen LogP contribution >= 0.6 is 11.3 Å². The highest BCUT2D eigenvalue weighted by Gasteiger charge is 2.21. The van der Waals surface area contributed by atoms with E-state index in [2.05, 4.69) is 33.3 Å². The van der Waals surface area contributed by atoms with Crippen molar-refractivity contribution in [2.75, 3.05) is 39.8 Å². The van der Waals surface area contributed by atoms with Gasteiger partial charge in [-0.15, -0.1) is 11.3 Å². The first-order chi connectivity index (χ1) is 14.6. The molecule has 1 amide bonds. The highest BCUT2D eigenvalue weighted by Crippen LogP contribution is 2.25. The number of benzene rings is 2. The number of ether oxygens (including phenoxy) is 1. The zero-order chi connectivity index (χ0) is 20.9. The Kier molecular flexibility index (Phi) is 6.62. The number of hydrogen-bond donors (Lipinski definition) is 1. The lowest BCUT2D eigenvalue weighted by atomic mass is 10.1. The van der Waals surface area contributed by atoms with E-state index in [-0.39, 0.29) is 11.9 Å². The summed E-state index contributed by atoms with van der Waals surface area (Å²) in [6.07, 6.45) is 0. The lowest BCUT2D eigenvalue weighted by molar-refractivity contribution is -0.123. The van der Waals surface area contributed by atoms with Crippen molar-refractivity contribution in [3.63, 3.8) is 0 Å². The van der Waals surface area contributed by atoms with Gasteiger partial charge in [0.1, 0.15) is 10.8 Å². The molecule has 1 unspecified atom stereocenters. The highest BCUT2D eigenvalue weighted by molar-refractivity contribution is 7.18. The van der Waals surface area contributed by atoms with Crippen molar-refractivity contribution in [3.8, 4) is 5.75 Å². The Balaban J connectivity index is 1.24. The van der Waals surface area contributed by atoms with Gasteiger partial charge >= 0.3 is 0 Å². The molecule has 3 aromatic rings. The largest absolute Gasteiger partial charge is 0.496 e. The number of aromatic nitrogens is 1. The van der Waals surface area contributed by atoms with Gasteiger partial charge in [-0.2, -0.15) is 0 Å². The molecule has 0 spiro atoms. The van der Waals surface area contributed by atoms with E-state index in [9.17, 15) is 4.79 Å². The first-order valence-electron chi connectivity index (χ1n) is 10.3. The first kappa shape index (κ1) is 20.8. The fourth-order valence-electron chi connectivity index (χ4n) is 3.88. The first-order valence-corrected chi connectivity index (χ1v) is 11.2. The van der Waals surface area contributed by atoms with Crippen LogP contribution in [0.25, 0.3) is 10.2 Å². The summed E-state index contributed by atoms with van der Waals surface area (Å²) in [5, 5.41) is 4.26. The number of amides is 1. The van der Waals surface area contributed by atoms with Gasteiger partial charge in [0.2, 0.25) is 5.91 Å². The Bertz CT molecular complexity index is 965. The number of fused-ring (bicyclic) bond motifs is 1. The molecule has 1 N–H and O–H groups in total. The van der Waals surface area contributed by atoms with Crippen LogP contribution in [0.4, 0.5) is 0 Å². The second-order valence-electron chi connectivity index (χ2n) is 7.66. The molecule has 7 heteroatoms. The molecule has 0 aliphatic carbocycles. The standard InChI is InChI=1S/C23H28N4O2S/c1-17(18-7-3-5-9-20(18)29-2)24-22(28)15-26-11-13-27(14-12-26)16-23-25-19-8-4-6-10-21(19)30-23/h3-10,17H,11-16H2,1-2H3,(H,24,28). The van der Waals surface area contributed by atoms with Crippen molar-refractivity contribution >= 4 is 27.5 Å². The van der Waals surface area contributed by atoms with Crippen molar-refractivity contribution in [2.45, 2.75) is 19.5 Å². The van der Waals surface area contributed by atoms with Gasteiger partial charge in [0.25, 0.3) is 0 Å². The Labute approximate surface area is 181 Å². The molecule has 1 aliphatic rings. The molecule has 6 nitrogen and oxygen atoms in total. The summed E-state index contributed by atoms with van der Waals surface area (Å²) in [6.45, 7) is 6.98. The predicted octanol–water partition coefficient (Wildman–Crippen LogP) is 3.30. The average Bonchev–Trinajstić information content (AvgIpc) is 3.17. The molecule has 0 bridgehead atoms. The van der Waals surface area contributed by atoms with E-state index in [1.54, 1.807) is 18.4 Å². The molecule has 1 saturated heterocycles. The number of piperazine rings is 1. The third-order valence-corrected chi connectivity index (χ3v) is 6.53. The quantitative estimate of drug-likeness (QED) is 0.631. The van der Waals surface area contributed by atoms with Gasteiger partial charge in [0.05, 0.1) is 36.5 Å². The maximum atomic E-state index is 12.6. The summed E-state index contributed by atoms with van der Waals surface area (Å²) in [6, 6.07) is 16.0. The smallest absolute Gasteiger partial charge is 0.234 e. The number of thiazole rings is 1. The number of rotatable bonds is 7. The van der Waals surface area contributed by atoms with E-state index >= 15 is 0 Å². The summed E-state index contributed by atoms with van der Waals surface area (Å²) >= 11 is 1.77. The monoisotopic (exact) mass is 424 g/mol. The predicted molar refractivity (Wildman–Crippen MR) is 121 cm³/mol. The van der Waals surface area contributed by atoms with Gasteiger partial charge in [-0.3, -0.25) is 14.6 Å². The normalized spacial score (nSPS) is 16.5. The number of hydrogen-bond acceptors (Lipinski definition) is 6. The molecule has 1 atom stereocenters. The Hall–Kier alpha value is -2.48. The van der Waals surface area contributed by atoms with Crippen molar-refractivity contribution in [3.05, 3.63) is 59.1 Å². The Morgan fingerprint density at radius 2 is 1.80 bits per heavy atom. The van der Waals surface area contributed by atoms with Crippen molar-refractivity contribution in [1.29, 1.82) is 0 Å². The number of para-hydroxylation sites is 2. The van der Waals surface area contributed by atoms with Crippen LogP contribution < -0.4 is 10.1 Å². The summed E-state index contributed by atoms with van der Waals surface area (Å²) < 4.78 is 6.65. The molecule has 2 heterocycles. The van der Waals surface area contributed by atoms with Crippen LogP contribution in [0.15, 0.2) is 48.5 Å². The number of carbonyl (C=O) groups excluding carboxylic acids is 1. The molecule has 2 aromatic carbocycles. The minimum absolute atomic E-state index is 0.0491. The zero-order valence-corrected chi connectivity index (χ0v) is 18.3. The van der Waals surface area contributed by atoms with Crippen LogP contribution in [0.1, 0.15) is 23.5 Å². The van der Waals surface area contributed by atoms with E-state index in [0.29, 0.717) is 6.54 Å². The van der Waals surface area contributed by atoms with Crippen LogP contribution in [0.3, 0.4) is 0 Å². The molecule has 0 saturated carbocycles. The van der Waals surface area contributed by atoms with Gasteiger partial charge in [-0.1, -0.05) is 30.3 Å². The minimum Gasteiger partial charge on any atom is -0.496 e. The molecular weight excluding hydrogens is 396 g/mol. The van der Waals surface area contributed by atoms with Gasteiger partial charge in [0.15, 0.2) is 0 Å². The summed E-state index contributed by atoms with van der Waals surface area (Å²) in [4.78, 5) is 21.9. The number of methoxy groups -OCH3 is 1. The van der Waals surface area contributed by atoms with Gasteiger partial charge in [-0.05, 0) is 25.1 Å². The second-order valence-corrected chi connectivity index (χ2v) is 8.77. The molecule has 4 rings (SSSR count). The van der Waals surface area contributed by atoms with Crippen LogP contribution in [0, 0.1) is 0 Å². The van der Waals surface area contributed by atoms with Gasteiger partial charge in [-0.25, -0.2) is 4.98 Å². The van der Waals surface area contributed by atoms with Gasteiger partial charge in [0, 0.05) is 31.7 Å². The van der Waals surface area contributed by atoms with Gasteiger partial charge < -0.3 is 10.1 Å². The fourth-order valence-corrected chi connectivity index (χ4v) is 4.89. The summed E-state index contributed by atoms with van der Waals surface area (Å²) in [5.41, 5.74) is 2.07. The lowest BCUT2D eigenvalue weighted by Gasteiger charge is -2.34. The highest BCUT2D eigenvalue weighted by atomic mass is 32.1. The van der Waals surface area contributed by atoms with Crippen molar-refractivity contribution in [1.82, 2.24) is 20.1 Å². The SMILES string of the molecule is COc1ccccc1C(C)NC(=O)CN1CCN(Cc2nc3ccccc3s2)CC1. The van der Waals surface area contributed by atoms with E-state index in [4.69, 9.17) is 9.72 Å². The number of nitrogens with one attached hydrogen (secondary N) is 1. The topological polar surface area (TPSA) is 57.7 Å². The lowest BCUT2D eigenvalue weighted by Crippen LogP contribution is -2.49. The molecule has 1 aromatic heterocycles. The number of nitrogens with zero attached hydrogens (tertiary/aromatic N) is 3. The zero-order valence-electron chi connectivity index (χ0n) is 17.5. The molecule has 1 aliphatic heterocycles. The number of carbonyl (C=O) groups is 1. The van der Waals surface area contributed by atoms with E-state index in [1.165, 1.54) is 4.70 Å². The summed E-state index contributed by atoms with van der Waals surface area (Å²) in [7, 11) is 1.65. The van der Waals surface area contributed by atoms with Crippen molar-refractivity contribution < 1.29 is 9.53 Å². The molecule has 0 radical (unpaired) electrons. The fraction of sp³-hybridized carbons (Fsp3) is 0.391. The molecular formula is C23H28N4O2S. The minimum atomic E-state index is -0.0889. The average molecular weight is 425 g/mol. The van der Waals surface area contributed by atoms with E-state index in [0.717, 1.165) is 54.6 Å². The molecule has 158 valence electrons. The third kappa shape index (κ3) is 4.98.